The third kappa shape index (κ3) is 6.75. The monoisotopic (exact) mass is 410 g/mol. The molecule has 0 heterocycles. The molecule has 1 fully saturated rings. The molecule has 0 saturated heterocycles. The molecule has 1 saturated carbocycles. The molecule has 0 aliphatic heterocycles. The highest BCUT2D eigenvalue weighted by atomic mass is 35.5. The smallest absolute Gasteiger partial charge is 0.305 e. The number of aliphatic hydroxyl groups is 2. The maximum atomic E-state index is 11.2. The second-order valence-electron chi connectivity index (χ2n) is 8.27. The van der Waals surface area contributed by atoms with Gasteiger partial charge >= 0.3 is 5.97 Å². The van der Waals surface area contributed by atoms with E-state index in [1.165, 1.54) is 12.7 Å². The van der Waals surface area contributed by atoms with Crippen molar-refractivity contribution in [1.29, 1.82) is 0 Å². The lowest BCUT2D eigenvalue weighted by atomic mass is 9.83. The average Bonchev–Trinajstić information content (AvgIpc) is 2.97. The van der Waals surface area contributed by atoms with Crippen LogP contribution in [0.25, 0.3) is 0 Å². The first-order valence-electron chi connectivity index (χ1n) is 10.5. The van der Waals surface area contributed by atoms with Gasteiger partial charge in [-0.1, -0.05) is 50.5 Å². The van der Waals surface area contributed by atoms with Crippen molar-refractivity contribution < 1.29 is 19.7 Å². The predicted molar refractivity (Wildman–Crippen MR) is 113 cm³/mol. The van der Waals surface area contributed by atoms with E-state index in [9.17, 15) is 15.0 Å². The van der Waals surface area contributed by atoms with Gasteiger partial charge < -0.3 is 14.9 Å². The Morgan fingerprint density at radius 3 is 2.54 bits per heavy atom. The summed E-state index contributed by atoms with van der Waals surface area (Å²) < 4.78 is 4.67. The second kappa shape index (κ2) is 11.8. The summed E-state index contributed by atoms with van der Waals surface area (Å²) in [4.78, 5) is 11.2. The van der Waals surface area contributed by atoms with E-state index in [-0.39, 0.29) is 35.7 Å². The molecule has 1 aliphatic carbocycles. The van der Waals surface area contributed by atoms with E-state index in [1.807, 2.05) is 6.92 Å². The number of aliphatic hydroxyl groups excluding tert-OH is 2. The number of carbonyl (C=O) groups excluding carboxylic acids is 1. The van der Waals surface area contributed by atoms with Crippen molar-refractivity contribution in [2.45, 2.75) is 75.7 Å². The lowest BCUT2D eigenvalue weighted by molar-refractivity contribution is -0.140. The Morgan fingerprint density at radius 1 is 1.21 bits per heavy atom. The van der Waals surface area contributed by atoms with Gasteiger partial charge in [0.25, 0.3) is 0 Å². The Labute approximate surface area is 174 Å². The van der Waals surface area contributed by atoms with Gasteiger partial charge in [0.05, 0.1) is 13.2 Å². The van der Waals surface area contributed by atoms with Crippen molar-refractivity contribution in [2.24, 2.45) is 11.8 Å². The Hall–Kier alpha value is -1.10. The molecule has 0 amide bonds. The van der Waals surface area contributed by atoms with Gasteiger partial charge in [0.15, 0.2) is 0 Å². The molecule has 0 radical (unpaired) electrons. The predicted octanol–water partition coefficient (Wildman–Crippen LogP) is 4.44. The summed E-state index contributed by atoms with van der Waals surface area (Å²) in [5.74, 6) is 0.472. The molecule has 1 aromatic rings. The molecule has 4 nitrogen and oxygen atoms in total. The van der Waals surface area contributed by atoms with Gasteiger partial charge in [-0.2, -0.15) is 0 Å². The lowest BCUT2D eigenvalue weighted by Crippen LogP contribution is -2.19. The van der Waals surface area contributed by atoms with Crippen LogP contribution in [0.15, 0.2) is 24.3 Å². The first-order valence-corrected chi connectivity index (χ1v) is 11.0. The van der Waals surface area contributed by atoms with Crippen LogP contribution in [0, 0.1) is 11.8 Å². The Bertz CT molecular complexity index is 589. The second-order valence-corrected chi connectivity index (χ2v) is 8.83. The van der Waals surface area contributed by atoms with Crippen LogP contribution in [-0.2, 0) is 16.0 Å². The van der Waals surface area contributed by atoms with Gasteiger partial charge in [-0.3, -0.25) is 4.79 Å². The molecule has 2 rings (SSSR count). The van der Waals surface area contributed by atoms with E-state index in [4.69, 9.17) is 11.6 Å². The van der Waals surface area contributed by atoms with Gasteiger partial charge in [-0.15, -0.1) is 11.6 Å². The highest BCUT2D eigenvalue weighted by molar-refractivity contribution is 6.21. The Morgan fingerprint density at radius 2 is 1.89 bits per heavy atom. The van der Waals surface area contributed by atoms with Crippen molar-refractivity contribution in [3.8, 4) is 0 Å². The number of rotatable bonds is 11. The fraction of sp³-hybridized carbons (Fsp3) is 0.696. The summed E-state index contributed by atoms with van der Waals surface area (Å²) in [6, 6.07) is 8.45. The summed E-state index contributed by atoms with van der Waals surface area (Å²) in [7, 11) is 1.42. The summed E-state index contributed by atoms with van der Waals surface area (Å²) in [6.07, 6.45) is 6.59. The van der Waals surface area contributed by atoms with Crippen LogP contribution in [0.3, 0.4) is 0 Å². The van der Waals surface area contributed by atoms with Crippen LogP contribution < -0.4 is 0 Å². The molecular formula is C23H35ClO4. The molecule has 0 aromatic heterocycles. The van der Waals surface area contributed by atoms with Crippen LogP contribution in [0.4, 0.5) is 0 Å². The van der Waals surface area contributed by atoms with E-state index in [0.717, 1.165) is 44.1 Å². The standard InChI is InChI=1S/C23H35ClO4/c1-16(15-25)13-17-9-11-18(12-10-17)23-19(20(24)14-21(23)26)7-5-3-4-6-8-22(27)28-2/h9-12,16,19-21,23,25-26H,3-8,13-15H2,1-2H3/t16?,19-,20-,21+,23+/m0/s1. The van der Waals surface area contributed by atoms with Crippen molar-refractivity contribution in [3.05, 3.63) is 35.4 Å². The van der Waals surface area contributed by atoms with E-state index in [2.05, 4.69) is 29.0 Å². The number of alkyl halides is 1. The molecule has 158 valence electrons. The zero-order valence-electron chi connectivity index (χ0n) is 17.1. The van der Waals surface area contributed by atoms with Gasteiger partial charge in [-0.05, 0) is 48.6 Å². The first-order chi connectivity index (χ1) is 13.5. The summed E-state index contributed by atoms with van der Waals surface area (Å²) in [6.45, 7) is 2.23. The van der Waals surface area contributed by atoms with Gasteiger partial charge in [0.1, 0.15) is 0 Å². The maximum Gasteiger partial charge on any atom is 0.305 e. The Kier molecular flexibility index (Phi) is 9.76. The molecule has 2 N–H and O–H groups in total. The quantitative estimate of drug-likeness (QED) is 0.321. The topological polar surface area (TPSA) is 66.8 Å². The molecule has 5 atom stereocenters. The number of methoxy groups -OCH3 is 1. The van der Waals surface area contributed by atoms with Gasteiger partial charge in [-0.25, -0.2) is 0 Å². The number of unbranched alkanes of at least 4 members (excludes halogenated alkanes) is 3. The fourth-order valence-corrected chi connectivity index (χ4v) is 4.81. The summed E-state index contributed by atoms with van der Waals surface area (Å²) in [5, 5.41) is 19.8. The highest BCUT2D eigenvalue weighted by Gasteiger charge is 2.41. The van der Waals surface area contributed by atoms with Crippen molar-refractivity contribution in [2.75, 3.05) is 13.7 Å². The molecule has 28 heavy (non-hydrogen) atoms. The van der Waals surface area contributed by atoms with E-state index in [1.54, 1.807) is 0 Å². The van der Waals surface area contributed by atoms with Crippen LogP contribution >= 0.6 is 11.6 Å². The van der Waals surface area contributed by atoms with E-state index < -0.39 is 6.10 Å². The highest BCUT2D eigenvalue weighted by Crippen LogP contribution is 2.45. The van der Waals surface area contributed by atoms with Crippen LogP contribution in [0.2, 0.25) is 0 Å². The lowest BCUT2D eigenvalue weighted by Gasteiger charge is -2.24. The molecule has 1 aliphatic rings. The number of benzene rings is 1. The number of carbonyl (C=O) groups is 1. The van der Waals surface area contributed by atoms with Crippen LogP contribution in [-0.4, -0.2) is 41.4 Å². The number of halogens is 1. The summed E-state index contributed by atoms with van der Waals surface area (Å²) >= 11 is 6.59. The SMILES string of the molecule is COC(=O)CCCCCC[C@@H]1[C@@H](c2ccc(CC(C)CO)cc2)[C@H](O)C[C@@H]1Cl. The molecule has 5 heteroatoms. The number of ether oxygens (including phenoxy) is 1. The third-order valence-electron chi connectivity index (χ3n) is 5.96. The number of esters is 1. The van der Waals surface area contributed by atoms with E-state index in [0.29, 0.717) is 12.8 Å². The van der Waals surface area contributed by atoms with Crippen molar-refractivity contribution in [1.82, 2.24) is 0 Å². The minimum Gasteiger partial charge on any atom is -0.469 e. The molecule has 1 aromatic carbocycles. The van der Waals surface area contributed by atoms with Gasteiger partial charge in [0.2, 0.25) is 0 Å². The van der Waals surface area contributed by atoms with Crippen LogP contribution in [0.5, 0.6) is 0 Å². The molecular weight excluding hydrogens is 376 g/mol. The maximum absolute atomic E-state index is 11.2. The third-order valence-corrected chi connectivity index (χ3v) is 6.47. The summed E-state index contributed by atoms with van der Waals surface area (Å²) in [5.41, 5.74) is 2.37. The fourth-order valence-electron chi connectivity index (χ4n) is 4.34. The Balaban J connectivity index is 1.88. The number of hydrogen-bond donors (Lipinski definition) is 2. The minimum atomic E-state index is -0.394. The number of hydrogen-bond acceptors (Lipinski definition) is 4. The zero-order chi connectivity index (χ0) is 20.5. The molecule has 1 unspecified atom stereocenters. The molecule has 0 spiro atoms. The molecule has 0 bridgehead atoms. The normalized spacial score (nSPS) is 25.6. The largest absolute Gasteiger partial charge is 0.469 e. The minimum absolute atomic E-state index is 0.00385. The van der Waals surface area contributed by atoms with Gasteiger partial charge in [0, 0.05) is 24.3 Å². The zero-order valence-corrected chi connectivity index (χ0v) is 17.9. The first kappa shape index (κ1) is 23.2. The van der Waals surface area contributed by atoms with E-state index >= 15 is 0 Å². The van der Waals surface area contributed by atoms with Crippen molar-refractivity contribution in [3.63, 3.8) is 0 Å². The van der Waals surface area contributed by atoms with Crippen molar-refractivity contribution >= 4 is 17.6 Å². The van der Waals surface area contributed by atoms with Crippen LogP contribution in [0.1, 0.15) is 68.9 Å². The average molecular weight is 411 g/mol.